The molecule has 1 aliphatic heterocycles. The molecule has 5 atom stereocenters. The number of amides is 4. The van der Waals surface area contributed by atoms with Gasteiger partial charge in [0.2, 0.25) is 23.5 Å². The van der Waals surface area contributed by atoms with Crippen LogP contribution in [0.1, 0.15) is 99.3 Å². The van der Waals surface area contributed by atoms with E-state index in [1.807, 2.05) is 13.8 Å². The highest BCUT2D eigenvalue weighted by atomic mass is 32.2. The number of likely N-dealkylation sites (tertiary alicyclic amines) is 1. The fraction of sp³-hybridized carbons (Fsp3) is 0.765. The van der Waals surface area contributed by atoms with Gasteiger partial charge in [-0.2, -0.15) is 4.72 Å². The predicted octanol–water partition coefficient (Wildman–Crippen LogP) is 3.16. The molecule has 0 aromatic heterocycles. The number of sulfonamides is 1. The van der Waals surface area contributed by atoms with Crippen LogP contribution < -0.4 is 20.7 Å². The van der Waals surface area contributed by atoms with Gasteiger partial charge in [-0.15, -0.1) is 6.58 Å². The van der Waals surface area contributed by atoms with Gasteiger partial charge in [0.25, 0.3) is 15.9 Å². The molecule has 0 bridgehead atoms. The second kappa shape index (κ2) is 17.2. The maximum absolute atomic E-state index is 14.6. The summed E-state index contributed by atoms with van der Waals surface area (Å²) in [6.45, 7) is 14.8. The number of nitrogens with zero attached hydrogens (tertiary/aromatic N) is 3. The number of hydrogen-bond acceptors (Lipinski definition) is 9. The van der Waals surface area contributed by atoms with Crippen molar-refractivity contribution in [2.45, 2.75) is 123 Å². The molecule has 1 unspecified atom stereocenters. The Morgan fingerprint density at radius 3 is 2.22 bits per heavy atom. The second-order valence-electron chi connectivity index (χ2n) is 15.9. The molecule has 3 aliphatic rings. The summed E-state index contributed by atoms with van der Waals surface area (Å²) in [6.07, 6.45) is 7.41. The summed E-state index contributed by atoms with van der Waals surface area (Å²) in [6, 6.07) is -4.65. The van der Waals surface area contributed by atoms with Gasteiger partial charge in [-0.1, -0.05) is 79.7 Å². The monoisotopic (exact) mass is 734 g/mol. The molecule has 16 nitrogen and oxygen atoms in total. The van der Waals surface area contributed by atoms with Crippen LogP contribution in [0, 0.1) is 34.0 Å². The predicted molar refractivity (Wildman–Crippen MR) is 191 cm³/mol. The van der Waals surface area contributed by atoms with E-state index in [1.54, 1.807) is 27.7 Å². The van der Waals surface area contributed by atoms with Gasteiger partial charge >= 0.3 is 0 Å². The number of carbonyl (C=O) groups is 5. The summed E-state index contributed by atoms with van der Waals surface area (Å²) < 4.78 is 28.4. The number of Topliss-reactive ketones (excluding diaryl/α,β-unsaturated/α-hetero) is 1. The number of nitrogens with one attached hydrogen (secondary N) is 6. The molecule has 0 aromatic carbocycles. The number of ketones is 1. The highest BCUT2D eigenvalue weighted by Crippen LogP contribution is 2.40. The Labute approximate surface area is 301 Å². The average Bonchev–Trinajstić information content (AvgIpc) is 3.76. The molecule has 0 spiro atoms. The summed E-state index contributed by atoms with van der Waals surface area (Å²) in [5, 5.41) is 20.3. The fourth-order valence-corrected chi connectivity index (χ4v) is 8.16. The molecule has 4 amide bonds. The van der Waals surface area contributed by atoms with Crippen LogP contribution in [0.25, 0.3) is 5.84 Å². The van der Waals surface area contributed by atoms with Gasteiger partial charge in [-0.3, -0.25) is 34.6 Å². The van der Waals surface area contributed by atoms with Crippen LogP contribution in [-0.4, -0.2) is 85.2 Å². The van der Waals surface area contributed by atoms with Crippen molar-refractivity contribution < 1.29 is 32.4 Å². The van der Waals surface area contributed by atoms with E-state index in [1.165, 1.54) is 11.0 Å². The Bertz CT molecular complexity index is 1480. The van der Waals surface area contributed by atoms with Crippen molar-refractivity contribution >= 4 is 44.6 Å². The van der Waals surface area contributed by atoms with Crippen LogP contribution in [0.5, 0.6) is 0 Å². The van der Waals surface area contributed by atoms with Gasteiger partial charge in [-0.05, 0) is 54.3 Å². The molecule has 1 saturated heterocycles. The number of carbonyl (C=O) groups excluding carboxylic acids is 5. The number of rotatable bonds is 15. The Morgan fingerprint density at radius 1 is 1.06 bits per heavy atom. The molecule has 17 heteroatoms. The van der Waals surface area contributed by atoms with E-state index >= 15 is 0 Å². The molecular formula is C34H56N9O7S-. The van der Waals surface area contributed by atoms with Crippen LogP contribution >= 0.6 is 0 Å². The van der Waals surface area contributed by atoms with Crippen molar-refractivity contribution in [3.8, 4) is 0 Å². The smallest absolute Gasteiger partial charge is 0.289 e. The van der Waals surface area contributed by atoms with E-state index in [9.17, 15) is 32.4 Å². The van der Waals surface area contributed by atoms with E-state index in [0.29, 0.717) is 25.7 Å². The van der Waals surface area contributed by atoms with Gasteiger partial charge in [0, 0.05) is 13.1 Å². The SMILES string of the molecule is C=CCNC(=O)C(=O)C(CC1CC1)NC(=O)[C@@H]1[C@@H](C(C)C)CCN1C(=O)[C@@H](NC(=O)[C@@H](NS(=O)(=O)C(=N)/N=N\[NH-])C1(C)CCCCC1)C(C)(C)C. The van der Waals surface area contributed by atoms with E-state index in [4.69, 9.17) is 11.3 Å². The maximum atomic E-state index is 14.6. The van der Waals surface area contributed by atoms with Crippen molar-refractivity contribution in [1.82, 2.24) is 25.6 Å². The zero-order chi connectivity index (χ0) is 38.3. The zero-order valence-electron chi connectivity index (χ0n) is 30.7. The van der Waals surface area contributed by atoms with Crippen molar-refractivity contribution in [3.63, 3.8) is 0 Å². The molecule has 3 rings (SSSR count). The van der Waals surface area contributed by atoms with Crippen molar-refractivity contribution in [2.75, 3.05) is 13.1 Å². The fourth-order valence-electron chi connectivity index (χ4n) is 7.19. The molecular weight excluding hydrogens is 678 g/mol. The summed E-state index contributed by atoms with van der Waals surface area (Å²) in [5.74, 6) is 3.28. The lowest BCUT2D eigenvalue weighted by Gasteiger charge is -2.42. The first-order valence-electron chi connectivity index (χ1n) is 17.8. The summed E-state index contributed by atoms with van der Waals surface area (Å²) in [4.78, 5) is 70.1. The van der Waals surface area contributed by atoms with Crippen LogP contribution in [0.15, 0.2) is 23.0 Å². The van der Waals surface area contributed by atoms with Crippen LogP contribution in [-0.2, 0) is 34.0 Å². The van der Waals surface area contributed by atoms with Crippen molar-refractivity contribution in [3.05, 3.63) is 18.5 Å². The third kappa shape index (κ3) is 10.7. The second-order valence-corrected chi connectivity index (χ2v) is 17.5. The highest BCUT2D eigenvalue weighted by Gasteiger charge is 2.50. The third-order valence-electron chi connectivity index (χ3n) is 10.4. The molecule has 6 N–H and O–H groups in total. The Kier molecular flexibility index (Phi) is 14.1. The van der Waals surface area contributed by atoms with Crippen molar-refractivity contribution in [1.29, 1.82) is 5.41 Å². The van der Waals surface area contributed by atoms with Crippen LogP contribution in [0.3, 0.4) is 0 Å². The molecule has 3 fully saturated rings. The lowest BCUT2D eigenvalue weighted by molar-refractivity contribution is -0.146. The number of hydrogen-bond donors (Lipinski definition) is 5. The first kappa shape index (κ1) is 41.7. The minimum Gasteiger partial charge on any atom is -0.398 e. The Hall–Kier alpha value is -3.73. The standard InChI is InChI=1S/C34H57N9O7S/c1-8-17-37-29(46)25(44)23(19-21-12-13-21)38-28(45)24-22(20(2)3)14-18-43(24)31(48)27(33(4,5)6)39-30(47)26(34(7)15-10-9-11-16-34)41-51(49,50)32(35)40-42-36/h8,20-24,26-27,41H,1,9-19H2,2-7H3,(H6,35,36,37,38,39,40,45,46,47)/p-1/t22-,23?,24+,26-,27-/m1/s1. The minimum atomic E-state index is -4.65. The molecule has 51 heavy (non-hydrogen) atoms. The molecule has 0 radical (unpaired) electrons. The molecule has 2 saturated carbocycles. The van der Waals surface area contributed by atoms with E-state index in [-0.39, 0.29) is 30.8 Å². The van der Waals surface area contributed by atoms with Crippen molar-refractivity contribution in [2.24, 2.45) is 38.9 Å². The third-order valence-corrected chi connectivity index (χ3v) is 11.5. The topological polar surface area (TPSA) is 243 Å². The van der Waals surface area contributed by atoms with Crippen LogP contribution in [0.2, 0.25) is 0 Å². The normalized spacial score (nSPS) is 22.5. The Balaban J connectivity index is 1.94. The average molecular weight is 735 g/mol. The summed E-state index contributed by atoms with van der Waals surface area (Å²) in [7, 11) is -4.65. The van der Waals surface area contributed by atoms with E-state index in [2.05, 4.69) is 37.6 Å². The van der Waals surface area contributed by atoms with Gasteiger partial charge in [0.15, 0.2) is 5.17 Å². The number of amidine groups is 1. The van der Waals surface area contributed by atoms with Gasteiger partial charge in [0.1, 0.15) is 18.1 Å². The van der Waals surface area contributed by atoms with Crippen LogP contribution in [0.4, 0.5) is 0 Å². The first-order chi connectivity index (χ1) is 23.8. The quantitative estimate of drug-likeness (QED) is 0.0420. The summed E-state index contributed by atoms with van der Waals surface area (Å²) >= 11 is 0. The largest absolute Gasteiger partial charge is 0.398 e. The molecule has 1 heterocycles. The lowest BCUT2D eigenvalue weighted by atomic mass is 9.70. The van der Waals surface area contributed by atoms with E-state index < -0.39 is 79.6 Å². The summed E-state index contributed by atoms with van der Waals surface area (Å²) in [5.41, 5.74) is -1.76. The zero-order valence-corrected chi connectivity index (χ0v) is 31.5. The van der Waals surface area contributed by atoms with Gasteiger partial charge in [-0.25, -0.2) is 8.42 Å². The minimum absolute atomic E-state index is 0.0315. The van der Waals surface area contributed by atoms with E-state index in [0.717, 1.165) is 32.1 Å². The molecule has 2 aliphatic carbocycles. The Morgan fingerprint density at radius 2 is 1.69 bits per heavy atom. The molecule has 286 valence electrons. The maximum Gasteiger partial charge on any atom is 0.289 e. The lowest BCUT2D eigenvalue weighted by Crippen LogP contribution is -2.64. The van der Waals surface area contributed by atoms with Gasteiger partial charge < -0.3 is 31.8 Å². The molecule has 0 aromatic rings. The highest BCUT2D eigenvalue weighted by molar-refractivity contribution is 8.04. The van der Waals surface area contributed by atoms with Gasteiger partial charge in [0.05, 0.1) is 6.04 Å². The first-order valence-corrected chi connectivity index (χ1v) is 19.3.